The summed E-state index contributed by atoms with van der Waals surface area (Å²) in [4.78, 5) is 0. The molecule has 100 valence electrons. The third-order valence-electron chi connectivity index (χ3n) is 2.02. The molecule has 0 saturated carbocycles. The zero-order valence-electron chi connectivity index (χ0n) is 9.78. The maximum absolute atomic E-state index is 12.0. The van der Waals surface area contributed by atoms with Gasteiger partial charge in [-0.2, -0.15) is 0 Å². The smallest absolute Gasteiger partial charge is 0.250 e. The van der Waals surface area contributed by atoms with Gasteiger partial charge in [0.15, 0.2) is 0 Å². The van der Waals surface area contributed by atoms with E-state index >= 15 is 0 Å². The molecule has 0 aliphatic heterocycles. The summed E-state index contributed by atoms with van der Waals surface area (Å²) in [7, 11) is -3.47. The number of aryl methyl sites for hydroxylation is 1. The van der Waals surface area contributed by atoms with Crippen molar-refractivity contribution in [2.45, 2.75) is 30.5 Å². The highest BCUT2D eigenvalue weighted by Gasteiger charge is 2.26. The van der Waals surface area contributed by atoms with E-state index in [0.29, 0.717) is 4.21 Å². The van der Waals surface area contributed by atoms with Gasteiger partial charge in [0.05, 0.1) is 3.79 Å². The quantitative estimate of drug-likeness (QED) is 0.862. The van der Waals surface area contributed by atoms with Gasteiger partial charge in [-0.25, -0.2) is 13.1 Å². The number of rotatable bonds is 4. The molecule has 3 N–H and O–H groups in total. The summed E-state index contributed by atoms with van der Waals surface area (Å²) in [6.45, 7) is 5.60. The lowest BCUT2D eigenvalue weighted by molar-refractivity contribution is 0.463. The summed E-state index contributed by atoms with van der Waals surface area (Å²) >= 11 is 4.50. The van der Waals surface area contributed by atoms with Gasteiger partial charge in [-0.3, -0.25) is 0 Å². The maximum atomic E-state index is 12.0. The Morgan fingerprint density at radius 3 is 2.41 bits per heavy atom. The summed E-state index contributed by atoms with van der Waals surface area (Å²) in [6.07, 6.45) is 0. The van der Waals surface area contributed by atoms with Gasteiger partial charge >= 0.3 is 0 Å². The van der Waals surface area contributed by atoms with Crippen LogP contribution in [0.4, 0.5) is 0 Å². The molecule has 0 aliphatic carbocycles. The van der Waals surface area contributed by atoms with Crippen molar-refractivity contribution in [2.24, 2.45) is 5.73 Å². The predicted molar refractivity (Wildman–Crippen MR) is 77.5 cm³/mol. The Bertz CT molecular complexity index is 466. The number of nitrogens with two attached hydrogens (primary N) is 1. The minimum absolute atomic E-state index is 0. The lowest BCUT2D eigenvalue weighted by atomic mass is 10.1. The predicted octanol–water partition coefficient (Wildman–Crippen LogP) is 2.26. The van der Waals surface area contributed by atoms with E-state index in [1.165, 1.54) is 11.3 Å². The van der Waals surface area contributed by atoms with Crippen LogP contribution in [0.2, 0.25) is 0 Å². The molecular formula is C9H16BrClN2O2S2. The second kappa shape index (κ2) is 5.99. The third-order valence-corrected chi connectivity index (χ3v) is 6.33. The number of hydrogen-bond donors (Lipinski definition) is 2. The summed E-state index contributed by atoms with van der Waals surface area (Å²) in [5, 5.41) is 0. The fourth-order valence-electron chi connectivity index (χ4n) is 1.02. The molecule has 0 unspecified atom stereocenters. The van der Waals surface area contributed by atoms with Crippen molar-refractivity contribution in [2.75, 3.05) is 6.54 Å². The SMILES string of the molecule is Cc1cc(S(=O)(=O)NC(C)(C)CN)sc1Br.Cl. The monoisotopic (exact) mass is 362 g/mol. The summed E-state index contributed by atoms with van der Waals surface area (Å²) in [5.74, 6) is 0. The maximum Gasteiger partial charge on any atom is 0.250 e. The minimum Gasteiger partial charge on any atom is -0.329 e. The molecule has 8 heteroatoms. The van der Waals surface area contributed by atoms with Gasteiger partial charge in [0.1, 0.15) is 4.21 Å². The molecule has 17 heavy (non-hydrogen) atoms. The van der Waals surface area contributed by atoms with Crippen molar-refractivity contribution in [1.29, 1.82) is 0 Å². The normalized spacial score (nSPS) is 12.3. The molecule has 0 amide bonds. The van der Waals surface area contributed by atoms with Crippen LogP contribution in [0.25, 0.3) is 0 Å². The number of halogens is 2. The largest absolute Gasteiger partial charge is 0.329 e. The van der Waals surface area contributed by atoms with Crippen LogP contribution in [-0.4, -0.2) is 20.5 Å². The number of sulfonamides is 1. The van der Waals surface area contributed by atoms with Gasteiger partial charge in [-0.15, -0.1) is 23.7 Å². The van der Waals surface area contributed by atoms with Crippen LogP contribution in [0, 0.1) is 6.92 Å². The van der Waals surface area contributed by atoms with Crippen molar-refractivity contribution in [3.63, 3.8) is 0 Å². The first-order valence-corrected chi connectivity index (χ1v) is 7.77. The molecule has 4 nitrogen and oxygen atoms in total. The highest BCUT2D eigenvalue weighted by Crippen LogP contribution is 2.30. The summed E-state index contributed by atoms with van der Waals surface area (Å²) in [5.41, 5.74) is 5.77. The Kier molecular flexibility index (Phi) is 6.11. The molecule has 0 fully saturated rings. The van der Waals surface area contributed by atoms with Crippen LogP contribution >= 0.6 is 39.7 Å². The van der Waals surface area contributed by atoms with Crippen molar-refractivity contribution in [3.05, 3.63) is 15.4 Å². The van der Waals surface area contributed by atoms with E-state index in [-0.39, 0.29) is 19.0 Å². The van der Waals surface area contributed by atoms with Crippen LogP contribution < -0.4 is 10.5 Å². The van der Waals surface area contributed by atoms with Gasteiger partial charge in [0.25, 0.3) is 10.0 Å². The first-order chi connectivity index (χ1) is 7.18. The molecule has 0 aliphatic rings. The van der Waals surface area contributed by atoms with Gasteiger partial charge in [-0.05, 0) is 48.3 Å². The van der Waals surface area contributed by atoms with Gasteiger partial charge in [-0.1, -0.05) is 0 Å². The van der Waals surface area contributed by atoms with Gasteiger partial charge in [0, 0.05) is 12.1 Å². The first-order valence-electron chi connectivity index (χ1n) is 4.68. The molecule has 1 aromatic rings. The molecule has 0 atom stereocenters. The van der Waals surface area contributed by atoms with Crippen molar-refractivity contribution in [3.8, 4) is 0 Å². The molecule has 0 bridgehead atoms. The standard InChI is InChI=1S/C9H15BrN2O2S2.ClH/c1-6-4-7(15-8(6)10)16(13,14)12-9(2,3)5-11;/h4,12H,5,11H2,1-3H3;1H. The summed E-state index contributed by atoms with van der Waals surface area (Å²) < 4.78 is 27.7. The molecule has 1 rings (SSSR count). The van der Waals surface area contributed by atoms with E-state index in [1.54, 1.807) is 19.9 Å². The van der Waals surface area contributed by atoms with Crippen molar-refractivity contribution < 1.29 is 8.42 Å². The Hall–Kier alpha value is 0.340. The zero-order valence-corrected chi connectivity index (χ0v) is 13.8. The van der Waals surface area contributed by atoms with Gasteiger partial charge < -0.3 is 5.73 Å². The van der Waals surface area contributed by atoms with E-state index in [9.17, 15) is 8.42 Å². The first kappa shape index (κ1) is 17.3. The van der Waals surface area contributed by atoms with Crippen LogP contribution in [0.1, 0.15) is 19.4 Å². The molecule has 0 radical (unpaired) electrons. The lowest BCUT2D eigenvalue weighted by Crippen LogP contribution is -2.48. The Balaban J connectivity index is 0.00000256. The Labute approximate surface area is 121 Å². The van der Waals surface area contributed by atoms with E-state index in [0.717, 1.165) is 9.35 Å². The van der Waals surface area contributed by atoms with Crippen LogP contribution in [0.3, 0.4) is 0 Å². The number of hydrogen-bond acceptors (Lipinski definition) is 4. The second-order valence-corrected chi connectivity index (χ2v) is 8.49. The second-order valence-electron chi connectivity index (χ2n) is 4.22. The zero-order chi connectivity index (χ0) is 12.6. The highest BCUT2D eigenvalue weighted by molar-refractivity contribution is 9.11. The number of nitrogens with one attached hydrogen (secondary N) is 1. The van der Waals surface area contributed by atoms with E-state index in [2.05, 4.69) is 20.7 Å². The highest BCUT2D eigenvalue weighted by atomic mass is 79.9. The molecule has 0 spiro atoms. The number of thiophene rings is 1. The van der Waals surface area contributed by atoms with Crippen LogP contribution in [-0.2, 0) is 10.0 Å². The average molecular weight is 364 g/mol. The van der Waals surface area contributed by atoms with Crippen molar-refractivity contribution >= 4 is 49.7 Å². The molecule has 1 aromatic heterocycles. The van der Waals surface area contributed by atoms with Crippen LogP contribution in [0.5, 0.6) is 0 Å². The molecule has 0 saturated heterocycles. The molecule has 1 heterocycles. The lowest BCUT2D eigenvalue weighted by Gasteiger charge is -2.23. The minimum atomic E-state index is -3.47. The fraction of sp³-hybridized carbons (Fsp3) is 0.556. The van der Waals surface area contributed by atoms with Gasteiger partial charge in [0.2, 0.25) is 0 Å². The summed E-state index contributed by atoms with van der Waals surface area (Å²) in [6, 6.07) is 1.64. The van der Waals surface area contributed by atoms with E-state index in [1.807, 2.05) is 6.92 Å². The molecular weight excluding hydrogens is 348 g/mol. The van der Waals surface area contributed by atoms with E-state index in [4.69, 9.17) is 5.73 Å². The average Bonchev–Trinajstić information content (AvgIpc) is 2.46. The topological polar surface area (TPSA) is 72.2 Å². The molecule has 0 aromatic carbocycles. The Morgan fingerprint density at radius 2 is 2.06 bits per heavy atom. The van der Waals surface area contributed by atoms with Crippen molar-refractivity contribution in [1.82, 2.24) is 4.72 Å². The van der Waals surface area contributed by atoms with E-state index < -0.39 is 15.6 Å². The Morgan fingerprint density at radius 1 is 1.53 bits per heavy atom. The fourth-order valence-corrected chi connectivity index (χ4v) is 4.67. The van der Waals surface area contributed by atoms with Crippen LogP contribution in [0.15, 0.2) is 14.1 Å². The third kappa shape index (κ3) is 4.50.